The van der Waals surface area contributed by atoms with Crippen LogP contribution >= 0.6 is 0 Å². The summed E-state index contributed by atoms with van der Waals surface area (Å²) < 4.78 is 0. The van der Waals surface area contributed by atoms with Crippen LogP contribution in [0.25, 0.3) is 0 Å². The minimum absolute atomic E-state index is 1.62. The Balaban J connectivity index is 3.01. The van der Waals surface area contributed by atoms with E-state index in [0.29, 0.717) is 0 Å². The third kappa shape index (κ3) is 8.57. The highest BCUT2D eigenvalue weighted by atomic mass is 14.7. The summed E-state index contributed by atoms with van der Waals surface area (Å²) in [5, 5.41) is 0. The predicted molar refractivity (Wildman–Crippen MR) is 69.3 cm³/mol. The lowest BCUT2D eigenvalue weighted by molar-refractivity contribution is 1.25. The van der Waals surface area contributed by atoms with Crippen LogP contribution in [-0.4, -0.2) is 15.0 Å². The summed E-state index contributed by atoms with van der Waals surface area (Å²) in [4.78, 5) is 10.9. The summed E-state index contributed by atoms with van der Waals surface area (Å²) in [6.45, 7) is 0. The molecule has 0 fully saturated rings. The van der Waals surface area contributed by atoms with Gasteiger partial charge in [-0.1, -0.05) is 36.4 Å². The van der Waals surface area contributed by atoms with E-state index in [1.165, 1.54) is 0 Å². The Kier molecular flexibility index (Phi) is 7.52. The minimum atomic E-state index is 1.62. The zero-order valence-electron chi connectivity index (χ0n) is 9.48. The molecule has 0 aliphatic carbocycles. The molecule has 0 spiro atoms. The number of H-pyrrole nitrogens is 1. The van der Waals surface area contributed by atoms with Gasteiger partial charge in [0, 0.05) is 37.2 Å². The molecule has 3 heteroatoms. The lowest BCUT2D eigenvalue weighted by Crippen LogP contribution is -1.62. The lowest BCUT2D eigenvalue weighted by Gasteiger charge is -1.69. The van der Waals surface area contributed by atoms with Crippen molar-refractivity contribution in [1.29, 1.82) is 0 Å². The van der Waals surface area contributed by atoms with Crippen LogP contribution in [-0.2, 0) is 0 Å². The van der Waals surface area contributed by atoms with Crippen molar-refractivity contribution in [2.75, 3.05) is 0 Å². The number of nitrogens with one attached hydrogen (secondary N) is 1. The molecule has 0 bridgehead atoms. The Morgan fingerprint density at radius 1 is 0.471 bits per heavy atom. The molecule has 0 saturated carbocycles. The maximum absolute atomic E-state index is 4.01. The van der Waals surface area contributed by atoms with Gasteiger partial charge in [0.25, 0.3) is 0 Å². The molecule has 3 nitrogen and oxygen atoms in total. The van der Waals surface area contributed by atoms with Crippen molar-refractivity contribution in [3.8, 4) is 0 Å². The highest BCUT2D eigenvalue weighted by Gasteiger charge is 1.58. The van der Waals surface area contributed by atoms with E-state index in [1.54, 1.807) is 31.0 Å². The van der Waals surface area contributed by atoms with Gasteiger partial charge in [0.15, 0.2) is 0 Å². The van der Waals surface area contributed by atoms with Gasteiger partial charge in [-0.25, -0.2) is 0 Å². The molecule has 0 saturated heterocycles. The van der Waals surface area contributed by atoms with Crippen LogP contribution in [0, 0.1) is 0 Å². The first-order valence-corrected chi connectivity index (χ1v) is 5.28. The Hall–Kier alpha value is -2.42. The molecule has 1 rings (SSSR count). The topological polar surface area (TPSA) is 41.6 Å². The van der Waals surface area contributed by atoms with Crippen LogP contribution in [0.3, 0.4) is 0 Å². The van der Waals surface area contributed by atoms with Crippen LogP contribution < -0.4 is 0 Å². The van der Waals surface area contributed by atoms with Crippen LogP contribution in [0.1, 0.15) is 0 Å². The van der Waals surface area contributed by atoms with E-state index in [1.807, 2.05) is 54.7 Å². The average Bonchev–Trinajstić information content (AvgIpc) is 2.35. The van der Waals surface area contributed by atoms with E-state index in [9.17, 15) is 0 Å². The number of hydrogen-bond donors (Lipinski definition) is 1. The summed E-state index contributed by atoms with van der Waals surface area (Å²) in [7, 11) is 0. The zero-order valence-corrected chi connectivity index (χ0v) is 9.48. The number of rotatable bonds is 0. The first-order chi connectivity index (χ1) is 8.50. The van der Waals surface area contributed by atoms with Crippen molar-refractivity contribution < 1.29 is 0 Å². The summed E-state index contributed by atoms with van der Waals surface area (Å²) in [5.41, 5.74) is 0. The van der Waals surface area contributed by atoms with Gasteiger partial charge < -0.3 is 4.98 Å². The van der Waals surface area contributed by atoms with E-state index >= 15 is 0 Å². The number of aromatic nitrogens is 3. The van der Waals surface area contributed by atoms with E-state index in [4.69, 9.17) is 0 Å². The molecule has 1 aromatic heterocycles. The molecule has 0 amide bonds. The molecule has 1 heterocycles. The van der Waals surface area contributed by atoms with Crippen LogP contribution in [0.4, 0.5) is 0 Å². The molecule has 0 atom stereocenters. The fraction of sp³-hybridized carbons (Fsp3) is 0. The van der Waals surface area contributed by atoms with Gasteiger partial charge in [0.1, 0.15) is 0 Å². The molecule has 0 aliphatic rings. The van der Waals surface area contributed by atoms with Crippen molar-refractivity contribution in [2.24, 2.45) is 0 Å². The molecule has 17 heavy (non-hydrogen) atoms. The maximum Gasteiger partial charge on any atom is 0.0451 e. The minimum Gasteiger partial charge on any atom is -0.366 e. The van der Waals surface area contributed by atoms with Gasteiger partial charge in [0.05, 0.1) is 0 Å². The van der Waals surface area contributed by atoms with Crippen molar-refractivity contribution in [2.45, 2.75) is 0 Å². The monoisotopic (exact) mass is 225 g/mol. The molecule has 0 aromatic carbocycles. The number of aromatic amines is 1. The van der Waals surface area contributed by atoms with Crippen LogP contribution in [0.2, 0.25) is 0 Å². The standard InChI is InChI=1S/C14H15N3/c1-2-4-6-8-10-16-12-14-17-13-11-15-9-7-5-3-1/h1-15H. The normalized spacial score (nSPS) is 8.00. The fourth-order valence-electron chi connectivity index (χ4n) is 0.913. The second-order valence-electron chi connectivity index (χ2n) is 2.93. The number of nitrogens with zero attached hydrogens (tertiary/aromatic N) is 2. The quantitative estimate of drug-likeness (QED) is 0.736. The number of hydrogen-bond acceptors (Lipinski definition) is 2. The van der Waals surface area contributed by atoms with E-state index < -0.39 is 0 Å². The molecule has 1 aromatic rings. The molecule has 86 valence electrons. The van der Waals surface area contributed by atoms with Crippen LogP contribution in [0.15, 0.2) is 85.7 Å². The van der Waals surface area contributed by atoms with Gasteiger partial charge in [-0.15, -0.1) is 0 Å². The molecule has 0 radical (unpaired) electrons. The summed E-state index contributed by atoms with van der Waals surface area (Å²) in [6, 6.07) is 15.4. The Labute approximate surface area is 101 Å². The van der Waals surface area contributed by atoms with Gasteiger partial charge in [-0.05, 0) is 12.1 Å². The molecule has 0 aliphatic heterocycles. The summed E-state index contributed by atoms with van der Waals surface area (Å²) in [5.74, 6) is 0. The van der Waals surface area contributed by atoms with E-state index in [-0.39, 0.29) is 0 Å². The van der Waals surface area contributed by atoms with Gasteiger partial charge >= 0.3 is 0 Å². The Bertz CT molecular complexity index is 282. The fourth-order valence-corrected chi connectivity index (χ4v) is 0.913. The van der Waals surface area contributed by atoms with Gasteiger partial charge in [-0.2, -0.15) is 0 Å². The maximum atomic E-state index is 4.01. The largest absolute Gasteiger partial charge is 0.366 e. The summed E-state index contributed by atoms with van der Waals surface area (Å²) >= 11 is 0. The Morgan fingerprint density at radius 2 is 1.06 bits per heavy atom. The second-order valence-corrected chi connectivity index (χ2v) is 2.93. The van der Waals surface area contributed by atoms with Crippen LogP contribution in [0.5, 0.6) is 0 Å². The lowest BCUT2D eigenvalue weighted by atomic mass is 10.4. The SMILES string of the molecule is c1ccccc[nH]ccnccncccc1. The third-order valence-electron chi connectivity index (χ3n) is 1.64. The third-order valence-corrected chi connectivity index (χ3v) is 1.64. The summed E-state index contributed by atoms with van der Waals surface area (Å²) in [6.07, 6.45) is 10.2. The first-order valence-electron chi connectivity index (χ1n) is 5.28. The van der Waals surface area contributed by atoms with Gasteiger partial charge in [0.2, 0.25) is 0 Å². The average molecular weight is 225 g/mol. The van der Waals surface area contributed by atoms with Crippen molar-refractivity contribution in [3.63, 3.8) is 0 Å². The predicted octanol–water partition coefficient (Wildman–Crippen LogP) is 3.18. The second kappa shape index (κ2) is 10.1. The highest BCUT2D eigenvalue weighted by Crippen LogP contribution is 1.76. The molecule has 0 unspecified atom stereocenters. The van der Waals surface area contributed by atoms with Crippen molar-refractivity contribution in [3.05, 3.63) is 85.7 Å². The smallest absolute Gasteiger partial charge is 0.0451 e. The van der Waals surface area contributed by atoms with Crippen molar-refractivity contribution >= 4 is 0 Å². The van der Waals surface area contributed by atoms with Gasteiger partial charge in [-0.3, -0.25) is 9.97 Å². The molecule has 1 N–H and O–H groups in total. The zero-order chi connectivity index (χ0) is 12.0. The molecular formula is C14H15N3. The van der Waals surface area contributed by atoms with E-state index in [0.717, 1.165) is 0 Å². The Morgan fingerprint density at radius 3 is 1.82 bits per heavy atom. The van der Waals surface area contributed by atoms with E-state index in [2.05, 4.69) is 15.0 Å². The first kappa shape index (κ1) is 12.6. The molecular weight excluding hydrogens is 210 g/mol. The van der Waals surface area contributed by atoms with Crippen molar-refractivity contribution in [1.82, 2.24) is 15.0 Å². The highest BCUT2D eigenvalue weighted by molar-refractivity contribution is 4.94.